The summed E-state index contributed by atoms with van der Waals surface area (Å²) in [5.74, 6) is 1.98. The van der Waals surface area contributed by atoms with Gasteiger partial charge in [0.1, 0.15) is 6.54 Å². The van der Waals surface area contributed by atoms with Gasteiger partial charge in [-0.25, -0.2) is 9.98 Å². The highest BCUT2D eigenvalue weighted by molar-refractivity contribution is 7.11. The third-order valence-corrected chi connectivity index (χ3v) is 5.87. The molecule has 0 fully saturated rings. The van der Waals surface area contributed by atoms with E-state index in [9.17, 15) is 0 Å². The zero-order valence-corrected chi connectivity index (χ0v) is 17.5. The molecule has 2 aromatic heterocycles. The molecule has 7 heteroatoms. The molecule has 0 amide bonds. The van der Waals surface area contributed by atoms with Crippen LogP contribution in [0.3, 0.4) is 0 Å². The largest absolute Gasteiger partial charge is 0.359 e. The molecular formula is C20H31N5OS. The van der Waals surface area contributed by atoms with Gasteiger partial charge in [0.2, 0.25) is 0 Å². The number of aromatic nitrogens is 2. The van der Waals surface area contributed by atoms with Gasteiger partial charge in [0.15, 0.2) is 11.7 Å². The molecule has 0 unspecified atom stereocenters. The summed E-state index contributed by atoms with van der Waals surface area (Å²) in [5.41, 5.74) is 2.33. The maximum atomic E-state index is 5.36. The van der Waals surface area contributed by atoms with E-state index in [1.165, 1.54) is 41.3 Å². The number of aliphatic imine (C=N–C) groups is 1. The van der Waals surface area contributed by atoms with Crippen LogP contribution < -0.4 is 10.6 Å². The zero-order valence-electron chi connectivity index (χ0n) is 16.7. The van der Waals surface area contributed by atoms with Crippen molar-refractivity contribution in [3.63, 3.8) is 0 Å². The van der Waals surface area contributed by atoms with Crippen LogP contribution in [0.15, 0.2) is 15.6 Å². The first-order valence-electron chi connectivity index (χ1n) is 10.1. The van der Waals surface area contributed by atoms with Gasteiger partial charge in [-0.15, -0.1) is 11.3 Å². The third-order valence-electron chi connectivity index (χ3n) is 4.66. The first-order chi connectivity index (χ1) is 13.2. The standard InChI is InChI=1S/C20H31N5OS/c1-4-21-20(23-13-15-12-17(14(2)3)25-26-15)22-11-7-10-19-24-16-8-5-6-9-18(16)27-19/h12,14H,4-11,13H2,1-3H3,(H2,21,22,23). The van der Waals surface area contributed by atoms with Gasteiger partial charge in [0.25, 0.3) is 0 Å². The predicted octanol–water partition coefficient (Wildman–Crippen LogP) is 3.82. The molecular weight excluding hydrogens is 358 g/mol. The quantitative estimate of drug-likeness (QED) is 0.408. The second-order valence-electron chi connectivity index (χ2n) is 7.28. The smallest absolute Gasteiger partial charge is 0.191 e. The second kappa shape index (κ2) is 9.88. The molecule has 0 spiro atoms. The Bertz CT molecular complexity index is 726. The topological polar surface area (TPSA) is 75.3 Å². The highest BCUT2D eigenvalue weighted by Crippen LogP contribution is 2.27. The Morgan fingerprint density at radius 1 is 1.30 bits per heavy atom. The predicted molar refractivity (Wildman–Crippen MR) is 110 cm³/mol. The molecule has 0 aliphatic heterocycles. The third kappa shape index (κ3) is 5.79. The van der Waals surface area contributed by atoms with Crippen molar-refractivity contribution < 1.29 is 4.52 Å². The van der Waals surface area contributed by atoms with Gasteiger partial charge in [0, 0.05) is 30.5 Å². The Balaban J connectivity index is 1.45. The SMILES string of the molecule is CCNC(=NCc1cc(C(C)C)no1)NCCCc1nc2c(s1)CCCC2. The van der Waals surface area contributed by atoms with E-state index >= 15 is 0 Å². The summed E-state index contributed by atoms with van der Waals surface area (Å²) in [7, 11) is 0. The minimum Gasteiger partial charge on any atom is -0.359 e. The van der Waals surface area contributed by atoms with Crippen molar-refractivity contribution in [2.75, 3.05) is 13.1 Å². The van der Waals surface area contributed by atoms with Crippen molar-refractivity contribution in [2.45, 2.75) is 71.8 Å². The fourth-order valence-corrected chi connectivity index (χ4v) is 4.33. The lowest BCUT2D eigenvalue weighted by molar-refractivity contribution is 0.376. The molecule has 0 atom stereocenters. The van der Waals surface area contributed by atoms with Crippen LogP contribution in [-0.4, -0.2) is 29.2 Å². The lowest BCUT2D eigenvalue weighted by atomic mass is 10.0. The van der Waals surface area contributed by atoms with Crippen molar-refractivity contribution in [3.8, 4) is 0 Å². The number of nitrogens with zero attached hydrogens (tertiary/aromatic N) is 3. The fourth-order valence-electron chi connectivity index (χ4n) is 3.13. The minimum absolute atomic E-state index is 0.370. The van der Waals surface area contributed by atoms with E-state index in [0.29, 0.717) is 12.5 Å². The number of rotatable bonds is 8. The van der Waals surface area contributed by atoms with E-state index in [1.807, 2.05) is 17.4 Å². The van der Waals surface area contributed by atoms with Crippen LogP contribution in [0.5, 0.6) is 0 Å². The van der Waals surface area contributed by atoms with Gasteiger partial charge in [-0.3, -0.25) is 0 Å². The summed E-state index contributed by atoms with van der Waals surface area (Å²) in [6.07, 6.45) is 7.09. The molecule has 0 aromatic carbocycles. The molecule has 0 radical (unpaired) electrons. The van der Waals surface area contributed by atoms with Crippen LogP contribution >= 0.6 is 11.3 Å². The molecule has 27 heavy (non-hydrogen) atoms. The van der Waals surface area contributed by atoms with E-state index in [2.05, 4.69) is 41.6 Å². The van der Waals surface area contributed by atoms with Crippen LogP contribution in [0, 0.1) is 0 Å². The Hall–Kier alpha value is -1.89. The molecule has 1 aliphatic carbocycles. The van der Waals surface area contributed by atoms with Gasteiger partial charge in [-0.2, -0.15) is 0 Å². The van der Waals surface area contributed by atoms with Crippen LogP contribution in [0.1, 0.15) is 73.0 Å². The highest BCUT2D eigenvalue weighted by Gasteiger charge is 2.14. The van der Waals surface area contributed by atoms with Crippen LogP contribution in [0.2, 0.25) is 0 Å². The molecule has 0 saturated carbocycles. The summed E-state index contributed by atoms with van der Waals surface area (Å²) >= 11 is 1.91. The summed E-state index contributed by atoms with van der Waals surface area (Å²) in [6.45, 7) is 8.49. The van der Waals surface area contributed by atoms with Gasteiger partial charge >= 0.3 is 0 Å². The minimum atomic E-state index is 0.370. The van der Waals surface area contributed by atoms with Crippen molar-refractivity contribution in [1.82, 2.24) is 20.8 Å². The summed E-state index contributed by atoms with van der Waals surface area (Å²) in [6, 6.07) is 1.99. The summed E-state index contributed by atoms with van der Waals surface area (Å²) in [4.78, 5) is 10.9. The number of hydrogen-bond acceptors (Lipinski definition) is 5. The summed E-state index contributed by atoms with van der Waals surface area (Å²) < 4.78 is 5.36. The molecule has 0 bridgehead atoms. The van der Waals surface area contributed by atoms with Crippen LogP contribution in [0.4, 0.5) is 0 Å². The Morgan fingerprint density at radius 3 is 2.89 bits per heavy atom. The van der Waals surface area contributed by atoms with Gasteiger partial charge in [0.05, 0.1) is 16.4 Å². The average Bonchev–Trinajstić information content (AvgIpc) is 3.29. The molecule has 0 saturated heterocycles. The van der Waals surface area contributed by atoms with Crippen molar-refractivity contribution >= 4 is 17.3 Å². The monoisotopic (exact) mass is 389 g/mol. The molecule has 3 rings (SSSR count). The Morgan fingerprint density at radius 2 is 2.15 bits per heavy atom. The first-order valence-corrected chi connectivity index (χ1v) is 10.9. The number of fused-ring (bicyclic) bond motifs is 1. The lowest BCUT2D eigenvalue weighted by Gasteiger charge is -2.10. The normalized spacial score (nSPS) is 14.4. The van der Waals surface area contributed by atoms with E-state index in [1.54, 1.807) is 0 Å². The van der Waals surface area contributed by atoms with Gasteiger partial charge in [-0.05, 0) is 44.9 Å². The Kier molecular flexibility index (Phi) is 7.26. The van der Waals surface area contributed by atoms with Crippen molar-refractivity contribution in [3.05, 3.63) is 33.1 Å². The maximum Gasteiger partial charge on any atom is 0.191 e. The van der Waals surface area contributed by atoms with Gasteiger partial charge < -0.3 is 15.2 Å². The average molecular weight is 390 g/mol. The van der Waals surface area contributed by atoms with Crippen LogP contribution in [-0.2, 0) is 25.8 Å². The van der Waals surface area contributed by atoms with Crippen molar-refractivity contribution in [2.24, 2.45) is 4.99 Å². The summed E-state index contributed by atoms with van der Waals surface area (Å²) in [5, 5.41) is 12.1. The molecule has 2 N–H and O–H groups in total. The van der Waals surface area contributed by atoms with Crippen LogP contribution in [0.25, 0.3) is 0 Å². The van der Waals surface area contributed by atoms with E-state index in [-0.39, 0.29) is 0 Å². The fraction of sp³-hybridized carbons (Fsp3) is 0.650. The number of thiazole rings is 1. The number of nitrogens with one attached hydrogen (secondary N) is 2. The number of aryl methyl sites for hydroxylation is 3. The molecule has 6 nitrogen and oxygen atoms in total. The highest BCUT2D eigenvalue weighted by atomic mass is 32.1. The Labute approximate surface area is 165 Å². The second-order valence-corrected chi connectivity index (χ2v) is 8.45. The lowest BCUT2D eigenvalue weighted by Crippen LogP contribution is -2.37. The van der Waals surface area contributed by atoms with Gasteiger partial charge in [-0.1, -0.05) is 19.0 Å². The van der Waals surface area contributed by atoms with E-state index in [0.717, 1.165) is 43.3 Å². The van der Waals surface area contributed by atoms with Crippen molar-refractivity contribution in [1.29, 1.82) is 0 Å². The van der Waals surface area contributed by atoms with E-state index < -0.39 is 0 Å². The molecule has 2 aromatic rings. The molecule has 2 heterocycles. The number of guanidine groups is 1. The first kappa shape index (κ1) is 19.9. The zero-order chi connectivity index (χ0) is 19.1. The molecule has 1 aliphatic rings. The number of hydrogen-bond donors (Lipinski definition) is 2. The van der Waals surface area contributed by atoms with E-state index in [4.69, 9.17) is 9.51 Å². The molecule has 148 valence electrons. The maximum absolute atomic E-state index is 5.36.